The fourth-order valence-corrected chi connectivity index (χ4v) is 3.45. The molecule has 1 N–H and O–H groups in total. The Morgan fingerprint density at radius 3 is 2.55 bits per heavy atom. The van der Waals surface area contributed by atoms with E-state index >= 15 is 0 Å². The summed E-state index contributed by atoms with van der Waals surface area (Å²) in [5.74, 6) is 1.73. The number of rotatable bonds is 6. The van der Waals surface area contributed by atoms with Crippen LogP contribution in [0.25, 0.3) is 0 Å². The molecule has 0 spiro atoms. The quantitative estimate of drug-likeness (QED) is 0.808. The third kappa shape index (κ3) is 5.45. The van der Waals surface area contributed by atoms with Crippen LogP contribution in [0.3, 0.4) is 0 Å². The van der Waals surface area contributed by atoms with Crippen molar-refractivity contribution in [1.29, 1.82) is 0 Å². The molecule has 6 heteroatoms. The minimum atomic E-state index is 0. The molecule has 4 nitrogen and oxygen atoms in total. The van der Waals surface area contributed by atoms with Gasteiger partial charge in [-0.05, 0) is 50.3 Å². The van der Waals surface area contributed by atoms with Crippen LogP contribution in [-0.4, -0.2) is 47.2 Å². The number of hydrogen-bond acceptors (Lipinski definition) is 4. The van der Waals surface area contributed by atoms with Crippen molar-refractivity contribution in [1.82, 2.24) is 15.2 Å². The van der Waals surface area contributed by atoms with E-state index in [-0.39, 0.29) is 18.3 Å². The number of nitrogens with zero attached hydrogens (tertiary/aromatic N) is 2. The number of pyridine rings is 1. The number of likely N-dealkylation sites (tertiary alicyclic amines) is 1. The summed E-state index contributed by atoms with van der Waals surface area (Å²) in [6.45, 7) is 2.98. The topological polar surface area (TPSA) is 45.2 Å². The average Bonchev–Trinajstić information content (AvgIpc) is 3.36. The van der Waals surface area contributed by atoms with Crippen LogP contribution in [0.2, 0.25) is 0 Å². The monoisotopic (exact) mass is 341 g/mol. The highest BCUT2D eigenvalue weighted by Crippen LogP contribution is 2.28. The first-order chi connectivity index (χ1) is 10.3. The highest BCUT2D eigenvalue weighted by Gasteiger charge is 2.25. The van der Waals surface area contributed by atoms with Crippen LogP contribution in [0.4, 0.5) is 0 Å². The van der Waals surface area contributed by atoms with Crippen LogP contribution in [0.15, 0.2) is 29.4 Å². The van der Waals surface area contributed by atoms with Gasteiger partial charge in [0.1, 0.15) is 0 Å². The molecule has 1 aromatic rings. The summed E-state index contributed by atoms with van der Waals surface area (Å²) in [4.78, 5) is 19.3. The number of carbonyl (C=O) groups excluding carboxylic acids is 1. The maximum Gasteiger partial charge on any atom is 0.232 e. The Labute approximate surface area is 142 Å². The van der Waals surface area contributed by atoms with Gasteiger partial charge in [0, 0.05) is 36.4 Å². The smallest absolute Gasteiger partial charge is 0.232 e. The molecule has 22 heavy (non-hydrogen) atoms. The first-order valence-corrected chi connectivity index (χ1v) is 8.84. The van der Waals surface area contributed by atoms with E-state index in [9.17, 15) is 4.79 Å². The Morgan fingerprint density at radius 1 is 1.23 bits per heavy atom. The normalized spacial score (nSPS) is 18.8. The summed E-state index contributed by atoms with van der Waals surface area (Å²) in [7, 11) is 0. The Morgan fingerprint density at radius 2 is 1.91 bits per heavy atom. The predicted octanol–water partition coefficient (Wildman–Crippen LogP) is 2.59. The summed E-state index contributed by atoms with van der Waals surface area (Å²) >= 11 is 1.60. The van der Waals surface area contributed by atoms with Crippen molar-refractivity contribution in [3.63, 3.8) is 0 Å². The molecule has 0 bridgehead atoms. The molecular formula is C16H24ClN3OS. The van der Waals surface area contributed by atoms with Gasteiger partial charge in [0.25, 0.3) is 0 Å². The summed E-state index contributed by atoms with van der Waals surface area (Å²) < 4.78 is 0. The molecule has 2 fully saturated rings. The lowest BCUT2D eigenvalue weighted by Gasteiger charge is -2.32. The summed E-state index contributed by atoms with van der Waals surface area (Å²) in [6.07, 6.45) is 8.53. The molecule has 1 aromatic heterocycles. The largest absolute Gasteiger partial charge is 0.342 e. The fraction of sp³-hybridized carbons (Fsp3) is 0.625. The molecule has 1 saturated heterocycles. The van der Waals surface area contributed by atoms with Crippen molar-refractivity contribution in [3.05, 3.63) is 24.5 Å². The molecule has 122 valence electrons. The molecule has 1 amide bonds. The molecule has 0 radical (unpaired) electrons. The highest BCUT2D eigenvalue weighted by atomic mass is 35.5. The van der Waals surface area contributed by atoms with Crippen LogP contribution in [0.5, 0.6) is 0 Å². The van der Waals surface area contributed by atoms with Gasteiger partial charge < -0.3 is 10.2 Å². The molecule has 0 atom stereocenters. The number of carbonyl (C=O) groups is 1. The number of hydrogen-bond donors (Lipinski definition) is 1. The fourth-order valence-electron chi connectivity index (χ4n) is 2.66. The SMILES string of the molecule is Cl.O=C(CSc1ccncc1)N1CCC(NCC2CC2)CC1. The maximum absolute atomic E-state index is 12.2. The number of halogens is 1. The van der Waals surface area contributed by atoms with Crippen molar-refractivity contribution in [2.75, 3.05) is 25.4 Å². The lowest BCUT2D eigenvalue weighted by atomic mass is 10.0. The first kappa shape index (κ1) is 17.6. The van der Waals surface area contributed by atoms with E-state index in [0.29, 0.717) is 11.8 Å². The zero-order chi connectivity index (χ0) is 14.5. The third-order valence-corrected chi connectivity index (χ3v) is 5.25. The van der Waals surface area contributed by atoms with Crippen LogP contribution in [0, 0.1) is 5.92 Å². The van der Waals surface area contributed by atoms with Gasteiger partial charge in [-0.3, -0.25) is 9.78 Å². The maximum atomic E-state index is 12.2. The van der Waals surface area contributed by atoms with E-state index in [1.165, 1.54) is 19.4 Å². The second-order valence-electron chi connectivity index (χ2n) is 5.98. The molecule has 2 aliphatic rings. The van der Waals surface area contributed by atoms with Crippen LogP contribution >= 0.6 is 24.2 Å². The summed E-state index contributed by atoms with van der Waals surface area (Å²) in [5, 5.41) is 3.65. The van der Waals surface area contributed by atoms with Gasteiger partial charge in [-0.15, -0.1) is 24.2 Å². The zero-order valence-electron chi connectivity index (χ0n) is 12.7. The van der Waals surface area contributed by atoms with Crippen LogP contribution < -0.4 is 5.32 Å². The number of nitrogens with one attached hydrogen (secondary N) is 1. The summed E-state index contributed by atoms with van der Waals surface area (Å²) in [5.41, 5.74) is 0. The van der Waals surface area contributed by atoms with Gasteiger partial charge >= 0.3 is 0 Å². The predicted molar refractivity (Wildman–Crippen MR) is 92.5 cm³/mol. The first-order valence-electron chi connectivity index (χ1n) is 7.85. The number of aromatic nitrogens is 1. The second-order valence-corrected chi connectivity index (χ2v) is 7.03. The van der Waals surface area contributed by atoms with Gasteiger partial charge in [-0.2, -0.15) is 0 Å². The molecular weight excluding hydrogens is 318 g/mol. The summed E-state index contributed by atoms with van der Waals surface area (Å²) in [6, 6.07) is 4.51. The van der Waals surface area contributed by atoms with E-state index < -0.39 is 0 Å². The molecule has 3 rings (SSSR count). The Hall–Kier alpha value is -0.780. The number of piperidine rings is 1. The van der Waals surface area contributed by atoms with Gasteiger partial charge in [0.05, 0.1) is 5.75 Å². The van der Waals surface area contributed by atoms with Crippen LogP contribution in [-0.2, 0) is 4.79 Å². The minimum Gasteiger partial charge on any atom is -0.342 e. The lowest BCUT2D eigenvalue weighted by Crippen LogP contribution is -2.45. The van der Waals surface area contributed by atoms with Gasteiger partial charge in [-0.25, -0.2) is 0 Å². The van der Waals surface area contributed by atoms with Crippen LogP contribution in [0.1, 0.15) is 25.7 Å². The Kier molecular flexibility index (Phi) is 6.99. The van der Waals surface area contributed by atoms with E-state index in [1.54, 1.807) is 24.2 Å². The Bertz CT molecular complexity index is 462. The molecule has 2 heterocycles. The van der Waals surface area contributed by atoms with E-state index in [1.807, 2.05) is 17.0 Å². The standard InChI is InChI=1S/C16H23N3OS.ClH/c20-16(12-21-15-3-7-17-8-4-15)19-9-5-14(6-10-19)18-11-13-1-2-13;/h3-4,7-8,13-14,18H,1-2,5-6,9-12H2;1H. The molecule has 0 unspecified atom stereocenters. The minimum absolute atomic E-state index is 0. The third-order valence-electron chi connectivity index (χ3n) is 4.25. The van der Waals surface area contributed by atoms with Crippen molar-refractivity contribution in [2.24, 2.45) is 5.92 Å². The lowest BCUT2D eigenvalue weighted by molar-refractivity contribution is -0.129. The van der Waals surface area contributed by atoms with Gasteiger partial charge in [-0.1, -0.05) is 0 Å². The highest BCUT2D eigenvalue weighted by molar-refractivity contribution is 8.00. The zero-order valence-corrected chi connectivity index (χ0v) is 14.4. The molecule has 1 saturated carbocycles. The Balaban J connectivity index is 0.00000176. The number of thioether (sulfide) groups is 1. The van der Waals surface area contributed by atoms with Crippen molar-refractivity contribution >= 4 is 30.1 Å². The number of amides is 1. The second kappa shape index (κ2) is 8.75. The van der Waals surface area contributed by atoms with E-state index in [4.69, 9.17) is 0 Å². The van der Waals surface area contributed by atoms with E-state index in [0.717, 1.165) is 36.7 Å². The molecule has 0 aromatic carbocycles. The van der Waals surface area contributed by atoms with Crippen molar-refractivity contribution in [3.8, 4) is 0 Å². The van der Waals surface area contributed by atoms with Gasteiger partial charge in [0.2, 0.25) is 5.91 Å². The van der Waals surface area contributed by atoms with Gasteiger partial charge in [0.15, 0.2) is 0 Å². The molecule has 1 aliphatic carbocycles. The van der Waals surface area contributed by atoms with Crippen molar-refractivity contribution < 1.29 is 4.79 Å². The van der Waals surface area contributed by atoms with E-state index in [2.05, 4.69) is 10.3 Å². The van der Waals surface area contributed by atoms with Crippen molar-refractivity contribution in [2.45, 2.75) is 36.6 Å². The molecule has 1 aliphatic heterocycles. The average molecular weight is 342 g/mol.